The lowest BCUT2D eigenvalue weighted by molar-refractivity contribution is -0.141. The number of cyclic esters (lactones) is 1. The first kappa shape index (κ1) is 18.2. The van der Waals surface area contributed by atoms with Gasteiger partial charge in [0, 0.05) is 30.3 Å². The number of esters is 1. The number of benzene rings is 1. The van der Waals surface area contributed by atoms with Crippen molar-refractivity contribution in [1.29, 1.82) is 0 Å². The van der Waals surface area contributed by atoms with E-state index in [1.807, 2.05) is 29.2 Å². The molecule has 2 fully saturated rings. The third-order valence-corrected chi connectivity index (χ3v) is 5.73. The molecule has 1 aromatic carbocycles. The van der Waals surface area contributed by atoms with Crippen LogP contribution in [-0.4, -0.2) is 41.4 Å². The second-order valence-corrected chi connectivity index (χ2v) is 7.50. The van der Waals surface area contributed by atoms with Crippen molar-refractivity contribution in [3.63, 3.8) is 0 Å². The van der Waals surface area contributed by atoms with E-state index in [0.29, 0.717) is 19.4 Å². The highest BCUT2D eigenvalue weighted by Crippen LogP contribution is 2.37. The van der Waals surface area contributed by atoms with Crippen LogP contribution in [0, 0.1) is 5.92 Å². The van der Waals surface area contributed by atoms with Crippen LogP contribution in [0.15, 0.2) is 24.3 Å². The lowest BCUT2D eigenvalue weighted by atomic mass is 9.88. The van der Waals surface area contributed by atoms with E-state index in [4.69, 9.17) is 9.47 Å². The highest BCUT2D eigenvalue weighted by Gasteiger charge is 2.45. The van der Waals surface area contributed by atoms with Crippen LogP contribution in [0.5, 0.6) is 5.75 Å². The zero-order valence-corrected chi connectivity index (χ0v) is 16.0. The van der Waals surface area contributed by atoms with Gasteiger partial charge in [0.2, 0.25) is 5.91 Å². The van der Waals surface area contributed by atoms with Gasteiger partial charge in [-0.3, -0.25) is 9.59 Å². The molecule has 0 saturated carbocycles. The Hall–Kier alpha value is -1.56. The van der Waals surface area contributed by atoms with Gasteiger partial charge >= 0.3 is 5.97 Å². The van der Waals surface area contributed by atoms with Gasteiger partial charge < -0.3 is 14.4 Å². The van der Waals surface area contributed by atoms with E-state index in [-0.39, 0.29) is 29.9 Å². The Labute approximate surface area is 156 Å². The summed E-state index contributed by atoms with van der Waals surface area (Å²) in [5, 5.41) is 0.896. The number of nitrogens with zero attached hydrogens (tertiary/aromatic N) is 1. The van der Waals surface area contributed by atoms with Gasteiger partial charge in [0.25, 0.3) is 0 Å². The Morgan fingerprint density at radius 2 is 2.04 bits per heavy atom. The number of rotatable bonds is 7. The number of likely N-dealkylation sites (tertiary alicyclic amines) is 1. The zero-order chi connectivity index (χ0) is 17.8. The van der Waals surface area contributed by atoms with Crippen LogP contribution in [0.1, 0.15) is 37.7 Å². The van der Waals surface area contributed by atoms with Crippen molar-refractivity contribution in [2.24, 2.45) is 5.92 Å². The SMILES string of the molecule is COc1ccc(CN2C(=O)CC[C@H]2[C@H]2CC(=O)O[C@@H]2CCCBr)cc1. The van der Waals surface area contributed by atoms with E-state index in [2.05, 4.69) is 15.9 Å². The van der Waals surface area contributed by atoms with Crippen molar-refractivity contribution in [3.8, 4) is 5.75 Å². The minimum atomic E-state index is -0.131. The number of hydrogen-bond acceptors (Lipinski definition) is 4. The molecule has 0 aromatic heterocycles. The predicted molar refractivity (Wildman–Crippen MR) is 97.6 cm³/mol. The number of alkyl halides is 1. The van der Waals surface area contributed by atoms with Crippen LogP contribution in [-0.2, 0) is 20.9 Å². The van der Waals surface area contributed by atoms with Crippen molar-refractivity contribution in [3.05, 3.63) is 29.8 Å². The molecule has 0 spiro atoms. The summed E-state index contributed by atoms with van der Waals surface area (Å²) in [6.07, 6.45) is 3.53. The Bertz CT molecular complexity index is 618. The summed E-state index contributed by atoms with van der Waals surface area (Å²) in [6, 6.07) is 7.87. The summed E-state index contributed by atoms with van der Waals surface area (Å²) in [4.78, 5) is 26.2. The molecule has 5 nitrogen and oxygen atoms in total. The molecule has 2 saturated heterocycles. The van der Waals surface area contributed by atoms with E-state index in [9.17, 15) is 9.59 Å². The number of methoxy groups -OCH3 is 1. The van der Waals surface area contributed by atoms with Crippen molar-refractivity contribution in [2.75, 3.05) is 12.4 Å². The molecule has 0 bridgehead atoms. The maximum Gasteiger partial charge on any atom is 0.306 e. The molecule has 136 valence electrons. The molecule has 1 amide bonds. The standard InChI is InChI=1S/C19H24BrNO4/c1-24-14-6-4-13(5-7-14)12-21-16(8-9-18(21)22)15-11-19(23)25-17(15)3-2-10-20/h4-7,15-17H,2-3,8-12H2,1H3/t15-,16+,17-/m1/s1. The Kier molecular flexibility index (Phi) is 5.99. The maximum atomic E-state index is 12.4. The van der Waals surface area contributed by atoms with Gasteiger partial charge in [-0.05, 0) is 37.0 Å². The van der Waals surface area contributed by atoms with Gasteiger partial charge in [-0.25, -0.2) is 0 Å². The lowest BCUT2D eigenvalue weighted by Crippen LogP contribution is -2.40. The van der Waals surface area contributed by atoms with Crippen molar-refractivity contribution < 1.29 is 19.1 Å². The summed E-state index contributed by atoms with van der Waals surface area (Å²) in [7, 11) is 1.64. The smallest absolute Gasteiger partial charge is 0.306 e. The van der Waals surface area contributed by atoms with Gasteiger partial charge in [-0.2, -0.15) is 0 Å². The number of hydrogen-bond donors (Lipinski definition) is 0. The molecule has 3 atom stereocenters. The minimum absolute atomic E-state index is 0.0701. The fourth-order valence-corrected chi connectivity index (χ4v) is 4.22. The molecule has 2 aliphatic heterocycles. The first-order chi connectivity index (χ1) is 12.1. The average Bonchev–Trinajstić information content (AvgIpc) is 3.16. The third kappa shape index (κ3) is 4.17. The summed E-state index contributed by atoms with van der Waals surface area (Å²) in [6.45, 7) is 0.573. The molecule has 2 heterocycles. The summed E-state index contributed by atoms with van der Waals surface area (Å²) >= 11 is 3.44. The number of carbonyl (C=O) groups is 2. The molecule has 2 aliphatic rings. The van der Waals surface area contributed by atoms with E-state index in [1.54, 1.807) is 7.11 Å². The van der Waals surface area contributed by atoms with E-state index >= 15 is 0 Å². The first-order valence-electron chi connectivity index (χ1n) is 8.80. The minimum Gasteiger partial charge on any atom is -0.497 e. The molecule has 3 rings (SSSR count). The van der Waals surface area contributed by atoms with Crippen LogP contribution < -0.4 is 4.74 Å². The van der Waals surface area contributed by atoms with Crippen LogP contribution in [0.3, 0.4) is 0 Å². The van der Waals surface area contributed by atoms with Crippen LogP contribution in [0.2, 0.25) is 0 Å². The fraction of sp³-hybridized carbons (Fsp3) is 0.579. The first-order valence-corrected chi connectivity index (χ1v) is 9.92. The molecular weight excluding hydrogens is 386 g/mol. The average molecular weight is 410 g/mol. The maximum absolute atomic E-state index is 12.4. The summed E-state index contributed by atoms with van der Waals surface area (Å²) < 4.78 is 10.7. The second kappa shape index (κ2) is 8.21. The fourth-order valence-electron chi connectivity index (χ4n) is 3.90. The monoisotopic (exact) mass is 409 g/mol. The number of carbonyl (C=O) groups excluding carboxylic acids is 2. The zero-order valence-electron chi connectivity index (χ0n) is 14.4. The van der Waals surface area contributed by atoms with Gasteiger partial charge in [-0.1, -0.05) is 28.1 Å². The molecule has 0 radical (unpaired) electrons. The molecule has 0 unspecified atom stereocenters. The van der Waals surface area contributed by atoms with Crippen molar-refractivity contribution in [1.82, 2.24) is 4.90 Å². The van der Waals surface area contributed by atoms with Crippen LogP contribution >= 0.6 is 15.9 Å². The van der Waals surface area contributed by atoms with Crippen molar-refractivity contribution in [2.45, 2.75) is 50.8 Å². The molecule has 1 aromatic rings. The lowest BCUT2D eigenvalue weighted by Gasteiger charge is -2.31. The normalized spacial score (nSPS) is 26.2. The van der Waals surface area contributed by atoms with Gasteiger partial charge in [0.05, 0.1) is 13.5 Å². The Balaban J connectivity index is 1.72. The highest BCUT2D eigenvalue weighted by atomic mass is 79.9. The number of halogens is 1. The van der Waals surface area contributed by atoms with Crippen molar-refractivity contribution >= 4 is 27.8 Å². The molecular formula is C19H24BrNO4. The van der Waals surface area contributed by atoms with Gasteiger partial charge in [0.15, 0.2) is 0 Å². The summed E-state index contributed by atoms with van der Waals surface area (Å²) in [5.74, 6) is 0.946. The van der Waals surface area contributed by atoms with Gasteiger partial charge in [-0.15, -0.1) is 0 Å². The topological polar surface area (TPSA) is 55.8 Å². The quantitative estimate of drug-likeness (QED) is 0.512. The molecule has 0 aliphatic carbocycles. The molecule has 25 heavy (non-hydrogen) atoms. The van der Waals surface area contributed by atoms with Crippen LogP contribution in [0.4, 0.5) is 0 Å². The second-order valence-electron chi connectivity index (χ2n) is 6.70. The number of amides is 1. The molecule has 6 heteroatoms. The van der Waals surface area contributed by atoms with Crippen LogP contribution in [0.25, 0.3) is 0 Å². The van der Waals surface area contributed by atoms with E-state index < -0.39 is 0 Å². The molecule has 0 N–H and O–H groups in total. The predicted octanol–water partition coefficient (Wildman–Crippen LogP) is 3.29. The largest absolute Gasteiger partial charge is 0.497 e. The van der Waals surface area contributed by atoms with Gasteiger partial charge in [0.1, 0.15) is 11.9 Å². The van der Waals surface area contributed by atoms with E-state index in [1.165, 1.54) is 0 Å². The van der Waals surface area contributed by atoms with E-state index in [0.717, 1.165) is 35.9 Å². The third-order valence-electron chi connectivity index (χ3n) is 5.17. The Morgan fingerprint density at radius 1 is 1.28 bits per heavy atom. The Morgan fingerprint density at radius 3 is 2.72 bits per heavy atom. The number of ether oxygens (including phenoxy) is 2. The summed E-state index contributed by atoms with van der Waals surface area (Å²) in [5.41, 5.74) is 1.07. The highest BCUT2D eigenvalue weighted by molar-refractivity contribution is 9.09.